The lowest BCUT2D eigenvalue weighted by Gasteiger charge is -2.26. The molecule has 1 N–H and O–H groups in total. The number of nitrogens with one attached hydrogen (secondary N) is 1. The quantitative estimate of drug-likeness (QED) is 0.741. The molecule has 2 aromatic rings. The summed E-state index contributed by atoms with van der Waals surface area (Å²) in [5.41, 5.74) is 2.17. The molecule has 2 rings (SSSR count). The van der Waals surface area contributed by atoms with Crippen molar-refractivity contribution in [2.24, 2.45) is 0 Å². The van der Waals surface area contributed by atoms with Crippen LogP contribution in [0.1, 0.15) is 25.0 Å². The summed E-state index contributed by atoms with van der Waals surface area (Å²) in [4.78, 5) is 28.4. The molecule has 0 unspecified atom stereocenters. The lowest BCUT2D eigenvalue weighted by molar-refractivity contribution is -0.134. The molecule has 27 heavy (non-hydrogen) atoms. The molecule has 2 aromatic carbocycles. The summed E-state index contributed by atoms with van der Waals surface area (Å²) in [6.07, 6.45) is 0. The monoisotopic (exact) mass is 367 g/mol. The predicted octanol–water partition coefficient (Wildman–Crippen LogP) is 2.67. The minimum atomic E-state index is -0.0713. The molecule has 0 bridgehead atoms. The topological polar surface area (TPSA) is 52.7 Å². The Kier molecular flexibility index (Phi) is 8.01. The van der Waals surface area contributed by atoms with E-state index < -0.39 is 0 Å². The minimum absolute atomic E-state index is 0.00236. The van der Waals surface area contributed by atoms with Crippen molar-refractivity contribution in [2.45, 2.75) is 33.0 Å². The van der Waals surface area contributed by atoms with Crippen molar-refractivity contribution in [3.05, 3.63) is 71.8 Å². The van der Waals surface area contributed by atoms with Crippen LogP contribution in [0.3, 0.4) is 0 Å². The van der Waals surface area contributed by atoms with E-state index in [-0.39, 0.29) is 30.9 Å². The maximum atomic E-state index is 12.9. The Morgan fingerprint density at radius 2 is 1.33 bits per heavy atom. The second-order valence-corrected chi connectivity index (χ2v) is 7.12. The predicted molar refractivity (Wildman–Crippen MR) is 108 cm³/mol. The number of amides is 2. The number of hydrogen-bond donors (Lipinski definition) is 1. The van der Waals surface area contributed by atoms with Crippen molar-refractivity contribution in [1.29, 1.82) is 0 Å². The van der Waals surface area contributed by atoms with E-state index in [1.54, 1.807) is 11.9 Å². The molecule has 5 nitrogen and oxygen atoms in total. The molecule has 5 heteroatoms. The molecule has 0 radical (unpaired) electrons. The first-order chi connectivity index (χ1) is 12.9. The van der Waals surface area contributed by atoms with Crippen LogP contribution >= 0.6 is 0 Å². The van der Waals surface area contributed by atoms with Gasteiger partial charge in [-0.15, -0.1) is 0 Å². The molecule has 0 heterocycles. The van der Waals surface area contributed by atoms with Gasteiger partial charge in [0.15, 0.2) is 0 Å². The molecule has 0 aliphatic heterocycles. The van der Waals surface area contributed by atoms with Crippen LogP contribution in [-0.4, -0.2) is 47.8 Å². The van der Waals surface area contributed by atoms with Gasteiger partial charge in [0.25, 0.3) is 0 Å². The van der Waals surface area contributed by atoms with E-state index >= 15 is 0 Å². The molecular formula is C22H29N3O2. The zero-order chi connectivity index (χ0) is 19.6. The fourth-order valence-corrected chi connectivity index (χ4v) is 2.84. The zero-order valence-electron chi connectivity index (χ0n) is 16.4. The molecule has 0 saturated heterocycles. The first-order valence-electron chi connectivity index (χ1n) is 9.27. The summed E-state index contributed by atoms with van der Waals surface area (Å²) in [5.74, 6) is -0.0690. The van der Waals surface area contributed by atoms with E-state index in [1.807, 2.05) is 79.4 Å². The van der Waals surface area contributed by atoms with Gasteiger partial charge in [0, 0.05) is 19.1 Å². The highest BCUT2D eigenvalue weighted by molar-refractivity contribution is 5.81. The highest BCUT2D eigenvalue weighted by atomic mass is 16.2. The molecule has 0 atom stereocenters. The Balaban J connectivity index is 2.02. The number of benzene rings is 2. The summed E-state index contributed by atoms with van der Waals surface area (Å²) in [6, 6.07) is 20.0. The van der Waals surface area contributed by atoms with Gasteiger partial charge >= 0.3 is 0 Å². The van der Waals surface area contributed by atoms with Crippen LogP contribution < -0.4 is 5.32 Å². The lowest BCUT2D eigenvalue weighted by atomic mass is 10.1. The fraction of sp³-hybridized carbons (Fsp3) is 0.364. The van der Waals surface area contributed by atoms with Crippen LogP contribution in [0, 0.1) is 0 Å². The minimum Gasteiger partial charge on any atom is -0.353 e. The standard InChI is InChI=1S/C22H29N3O2/c1-18(2)23-21(26)16-24(3)17-22(27)25(14-19-10-6-4-7-11-19)15-20-12-8-5-9-13-20/h4-13,18H,14-17H2,1-3H3,(H,23,26). The van der Waals surface area contributed by atoms with Gasteiger partial charge in [-0.1, -0.05) is 60.7 Å². The van der Waals surface area contributed by atoms with Crippen molar-refractivity contribution >= 4 is 11.8 Å². The summed E-state index contributed by atoms with van der Waals surface area (Å²) < 4.78 is 0. The Labute approximate surface area is 162 Å². The van der Waals surface area contributed by atoms with Gasteiger partial charge in [-0.05, 0) is 32.0 Å². The van der Waals surface area contributed by atoms with Crippen LogP contribution in [0.2, 0.25) is 0 Å². The third-order valence-corrected chi connectivity index (χ3v) is 4.05. The van der Waals surface area contributed by atoms with Crippen molar-refractivity contribution in [3.63, 3.8) is 0 Å². The summed E-state index contributed by atoms with van der Waals surface area (Å²) in [5, 5.41) is 2.85. The summed E-state index contributed by atoms with van der Waals surface area (Å²) in [6.45, 7) is 5.33. The van der Waals surface area contributed by atoms with Gasteiger partial charge in [0.05, 0.1) is 13.1 Å². The van der Waals surface area contributed by atoms with Gasteiger partial charge in [-0.2, -0.15) is 0 Å². The van der Waals surface area contributed by atoms with E-state index in [4.69, 9.17) is 0 Å². The van der Waals surface area contributed by atoms with Crippen LogP contribution in [0.25, 0.3) is 0 Å². The maximum Gasteiger partial charge on any atom is 0.237 e. The Bertz CT molecular complexity index is 675. The highest BCUT2D eigenvalue weighted by Crippen LogP contribution is 2.11. The first kappa shape index (κ1) is 20.6. The average Bonchev–Trinajstić information content (AvgIpc) is 2.62. The van der Waals surface area contributed by atoms with Crippen LogP contribution in [0.4, 0.5) is 0 Å². The second-order valence-electron chi connectivity index (χ2n) is 7.12. The Hall–Kier alpha value is -2.66. The molecule has 0 aromatic heterocycles. The Morgan fingerprint density at radius 1 is 0.852 bits per heavy atom. The largest absolute Gasteiger partial charge is 0.353 e. The Morgan fingerprint density at radius 3 is 1.78 bits per heavy atom. The van der Waals surface area contributed by atoms with E-state index in [9.17, 15) is 9.59 Å². The molecule has 0 saturated carbocycles. The molecule has 144 valence electrons. The molecule has 0 spiro atoms. The second kappa shape index (κ2) is 10.5. The van der Waals surface area contributed by atoms with Gasteiger partial charge in [0.2, 0.25) is 11.8 Å². The molecule has 2 amide bonds. The van der Waals surface area contributed by atoms with Gasteiger partial charge in [0.1, 0.15) is 0 Å². The summed E-state index contributed by atoms with van der Waals surface area (Å²) in [7, 11) is 1.79. The van der Waals surface area contributed by atoms with Gasteiger partial charge in [-0.3, -0.25) is 14.5 Å². The number of nitrogens with zero attached hydrogens (tertiary/aromatic N) is 2. The van der Waals surface area contributed by atoms with Crippen molar-refractivity contribution in [3.8, 4) is 0 Å². The molecule has 0 aliphatic carbocycles. The highest BCUT2D eigenvalue weighted by Gasteiger charge is 2.18. The lowest BCUT2D eigenvalue weighted by Crippen LogP contribution is -2.43. The van der Waals surface area contributed by atoms with Gasteiger partial charge < -0.3 is 10.2 Å². The third kappa shape index (κ3) is 7.62. The number of rotatable bonds is 9. The average molecular weight is 367 g/mol. The van der Waals surface area contributed by atoms with Crippen molar-refractivity contribution in [2.75, 3.05) is 20.1 Å². The first-order valence-corrected chi connectivity index (χ1v) is 9.27. The maximum absolute atomic E-state index is 12.9. The number of hydrogen-bond acceptors (Lipinski definition) is 3. The smallest absolute Gasteiger partial charge is 0.237 e. The zero-order valence-corrected chi connectivity index (χ0v) is 16.4. The molecule has 0 fully saturated rings. The van der Waals surface area contributed by atoms with Gasteiger partial charge in [-0.25, -0.2) is 0 Å². The third-order valence-electron chi connectivity index (χ3n) is 4.05. The number of carbonyl (C=O) groups is 2. The van der Waals surface area contributed by atoms with E-state index in [0.29, 0.717) is 13.1 Å². The SMILES string of the molecule is CC(C)NC(=O)CN(C)CC(=O)N(Cc1ccccc1)Cc1ccccc1. The van der Waals surface area contributed by atoms with Crippen LogP contribution in [0.5, 0.6) is 0 Å². The van der Waals surface area contributed by atoms with E-state index in [1.165, 1.54) is 0 Å². The number of carbonyl (C=O) groups excluding carboxylic acids is 2. The van der Waals surface area contributed by atoms with E-state index in [0.717, 1.165) is 11.1 Å². The molecule has 0 aliphatic rings. The van der Waals surface area contributed by atoms with Crippen LogP contribution in [0.15, 0.2) is 60.7 Å². The fourth-order valence-electron chi connectivity index (χ4n) is 2.84. The molecular weight excluding hydrogens is 338 g/mol. The summed E-state index contributed by atoms with van der Waals surface area (Å²) >= 11 is 0. The van der Waals surface area contributed by atoms with Crippen LogP contribution in [-0.2, 0) is 22.7 Å². The van der Waals surface area contributed by atoms with Crippen molar-refractivity contribution < 1.29 is 9.59 Å². The number of likely N-dealkylation sites (N-methyl/N-ethyl adjacent to an activating group) is 1. The van der Waals surface area contributed by atoms with E-state index in [2.05, 4.69) is 5.32 Å². The normalized spacial score (nSPS) is 10.9. The van der Waals surface area contributed by atoms with Crippen molar-refractivity contribution in [1.82, 2.24) is 15.1 Å².